The van der Waals surface area contributed by atoms with E-state index >= 15 is 0 Å². The summed E-state index contributed by atoms with van der Waals surface area (Å²) in [5.41, 5.74) is 3.92. The standard InChI is InChI=1S/C31H28FN9O/c32-27-14-20(3-4-25(27)21-2-1-10-34-15-21)31(42)39-12-7-24(8-13-39)40-17-22(5-9-33)30(40)41-18-23(16-38-41)28-26-6-11-35-29(26)37-19-36-28/h1-4,6,10-11,14-16,18-19,22,24,30H,5,7-8,12-13,17H2,(H,35,36,37). The lowest BCUT2D eigenvalue weighted by molar-refractivity contribution is -0.0852. The molecule has 6 heterocycles. The number of pyridine rings is 1. The van der Waals surface area contributed by atoms with Crippen LogP contribution in [0.4, 0.5) is 4.39 Å². The predicted octanol–water partition coefficient (Wildman–Crippen LogP) is 4.67. The minimum Gasteiger partial charge on any atom is -0.346 e. The van der Waals surface area contributed by atoms with Crippen LogP contribution in [0.25, 0.3) is 33.4 Å². The molecule has 0 saturated carbocycles. The van der Waals surface area contributed by atoms with Crippen molar-refractivity contribution in [3.8, 4) is 28.5 Å². The van der Waals surface area contributed by atoms with Crippen LogP contribution in [0.1, 0.15) is 35.8 Å². The third kappa shape index (κ3) is 4.59. The van der Waals surface area contributed by atoms with Crippen molar-refractivity contribution in [2.75, 3.05) is 19.6 Å². The van der Waals surface area contributed by atoms with Crippen LogP contribution in [0.3, 0.4) is 0 Å². The van der Waals surface area contributed by atoms with Gasteiger partial charge in [-0.25, -0.2) is 14.4 Å². The van der Waals surface area contributed by atoms with Crippen LogP contribution in [-0.2, 0) is 0 Å². The number of rotatable bonds is 6. The Bertz CT molecular complexity index is 1790. The SMILES string of the molecule is N#CCC1CN(C2CCN(C(=O)c3ccc(-c4cccnc4)c(F)c3)CC2)C1n1cc(-c2ncnc3[nH]ccc23)cn1. The molecule has 2 aliphatic rings. The molecule has 0 radical (unpaired) electrons. The Morgan fingerprint density at radius 2 is 2.00 bits per heavy atom. The quantitative estimate of drug-likeness (QED) is 0.320. The van der Waals surface area contributed by atoms with Crippen LogP contribution in [0.5, 0.6) is 0 Å². The number of halogens is 1. The molecule has 2 atom stereocenters. The van der Waals surface area contributed by atoms with Gasteiger partial charge in [0, 0.05) is 90.4 Å². The summed E-state index contributed by atoms with van der Waals surface area (Å²) in [6, 6.07) is 12.7. The van der Waals surface area contributed by atoms with Gasteiger partial charge in [0.1, 0.15) is 24.0 Å². The van der Waals surface area contributed by atoms with E-state index in [1.165, 1.54) is 12.4 Å². The van der Waals surface area contributed by atoms with Gasteiger partial charge in [-0.05, 0) is 37.1 Å². The van der Waals surface area contributed by atoms with Crippen molar-refractivity contribution >= 4 is 16.9 Å². The number of hydrogen-bond acceptors (Lipinski definition) is 7. The fourth-order valence-electron chi connectivity index (χ4n) is 6.32. The van der Waals surface area contributed by atoms with E-state index in [1.54, 1.807) is 41.6 Å². The van der Waals surface area contributed by atoms with E-state index in [4.69, 9.17) is 5.10 Å². The second-order valence-electron chi connectivity index (χ2n) is 10.9. The third-order valence-electron chi connectivity index (χ3n) is 8.47. The highest BCUT2D eigenvalue weighted by Gasteiger charge is 2.45. The summed E-state index contributed by atoms with van der Waals surface area (Å²) < 4.78 is 16.9. The fourth-order valence-corrected chi connectivity index (χ4v) is 6.32. The number of nitrogens with one attached hydrogen (secondary N) is 1. The largest absolute Gasteiger partial charge is 0.346 e. The summed E-state index contributed by atoms with van der Waals surface area (Å²) in [7, 11) is 0. The van der Waals surface area contributed by atoms with Gasteiger partial charge in [0.15, 0.2) is 0 Å². The lowest BCUT2D eigenvalue weighted by atomic mass is 9.87. The highest BCUT2D eigenvalue weighted by molar-refractivity contribution is 5.95. The summed E-state index contributed by atoms with van der Waals surface area (Å²) >= 11 is 0. The lowest BCUT2D eigenvalue weighted by Crippen LogP contribution is -2.59. The first-order chi connectivity index (χ1) is 20.6. The van der Waals surface area contributed by atoms with Gasteiger partial charge in [-0.3, -0.25) is 19.4 Å². The molecular weight excluding hydrogens is 533 g/mol. The van der Waals surface area contributed by atoms with Gasteiger partial charge in [-0.1, -0.05) is 12.1 Å². The van der Waals surface area contributed by atoms with Crippen molar-refractivity contribution in [3.05, 3.63) is 85.1 Å². The molecule has 1 N–H and O–H groups in total. The van der Waals surface area contributed by atoms with E-state index in [-0.39, 0.29) is 24.0 Å². The molecular formula is C31H28FN9O. The zero-order chi connectivity index (χ0) is 28.6. The first-order valence-corrected chi connectivity index (χ1v) is 14.0. The summed E-state index contributed by atoms with van der Waals surface area (Å²) in [6.07, 6.45) is 12.4. The molecule has 5 aromatic rings. The molecule has 4 aromatic heterocycles. The second-order valence-corrected chi connectivity index (χ2v) is 10.9. The number of benzene rings is 1. The van der Waals surface area contributed by atoms with E-state index < -0.39 is 5.82 Å². The van der Waals surface area contributed by atoms with Crippen LogP contribution < -0.4 is 0 Å². The average Bonchev–Trinajstić information content (AvgIpc) is 3.69. The van der Waals surface area contributed by atoms with Crippen molar-refractivity contribution < 1.29 is 9.18 Å². The van der Waals surface area contributed by atoms with Gasteiger partial charge in [0.05, 0.1) is 18.0 Å². The van der Waals surface area contributed by atoms with E-state index in [0.29, 0.717) is 36.2 Å². The number of likely N-dealkylation sites (tertiary alicyclic amines) is 2. The number of hydrogen-bond donors (Lipinski definition) is 1. The molecule has 7 rings (SSSR count). The van der Waals surface area contributed by atoms with E-state index in [0.717, 1.165) is 41.7 Å². The Hall–Kier alpha value is -4.95. The number of nitrogens with zero attached hydrogens (tertiary/aromatic N) is 8. The fraction of sp³-hybridized carbons (Fsp3) is 0.290. The molecule has 2 aliphatic heterocycles. The van der Waals surface area contributed by atoms with Crippen LogP contribution in [-0.4, -0.2) is 71.1 Å². The van der Waals surface area contributed by atoms with E-state index in [1.807, 2.05) is 29.3 Å². The first kappa shape index (κ1) is 26.0. The van der Waals surface area contributed by atoms with Gasteiger partial charge in [-0.15, -0.1) is 0 Å². The number of carbonyl (C=O) groups is 1. The number of piperidine rings is 1. The van der Waals surface area contributed by atoms with Crippen LogP contribution in [0.15, 0.2) is 73.7 Å². The monoisotopic (exact) mass is 561 g/mol. The van der Waals surface area contributed by atoms with Crippen molar-refractivity contribution in [3.63, 3.8) is 0 Å². The Balaban J connectivity index is 1.04. The number of H-pyrrole nitrogens is 1. The van der Waals surface area contributed by atoms with Crippen LogP contribution in [0, 0.1) is 23.1 Å². The Morgan fingerprint density at radius 3 is 2.79 bits per heavy atom. The molecule has 2 unspecified atom stereocenters. The van der Waals surface area contributed by atoms with Gasteiger partial charge in [0.2, 0.25) is 0 Å². The molecule has 1 aromatic carbocycles. The highest BCUT2D eigenvalue weighted by atomic mass is 19.1. The predicted molar refractivity (Wildman–Crippen MR) is 153 cm³/mol. The third-order valence-corrected chi connectivity index (χ3v) is 8.47. The second kappa shape index (κ2) is 10.8. The maximum Gasteiger partial charge on any atom is 0.253 e. The van der Waals surface area contributed by atoms with Crippen molar-refractivity contribution in [2.24, 2.45) is 5.92 Å². The van der Waals surface area contributed by atoms with Crippen molar-refractivity contribution in [1.82, 2.24) is 39.5 Å². The molecule has 0 aliphatic carbocycles. The van der Waals surface area contributed by atoms with Crippen LogP contribution >= 0.6 is 0 Å². The van der Waals surface area contributed by atoms with E-state index in [2.05, 4.69) is 30.9 Å². The normalized spacial score (nSPS) is 19.5. The molecule has 210 valence electrons. The molecule has 2 saturated heterocycles. The number of nitriles is 1. The van der Waals surface area contributed by atoms with Crippen molar-refractivity contribution in [1.29, 1.82) is 5.26 Å². The number of aromatic amines is 1. The topological polar surface area (TPSA) is 120 Å². The number of fused-ring (bicyclic) bond motifs is 1. The van der Waals surface area contributed by atoms with Gasteiger partial charge in [-0.2, -0.15) is 10.4 Å². The maximum absolute atomic E-state index is 14.9. The smallest absolute Gasteiger partial charge is 0.253 e. The van der Waals surface area contributed by atoms with Gasteiger partial charge >= 0.3 is 0 Å². The summed E-state index contributed by atoms with van der Waals surface area (Å²) in [5, 5.41) is 15.1. The lowest BCUT2D eigenvalue weighted by Gasteiger charge is -2.52. The molecule has 42 heavy (non-hydrogen) atoms. The Kier molecular flexibility index (Phi) is 6.68. The first-order valence-electron chi connectivity index (χ1n) is 14.0. The van der Waals surface area contributed by atoms with Gasteiger partial charge in [0.25, 0.3) is 5.91 Å². The highest BCUT2D eigenvalue weighted by Crippen LogP contribution is 2.41. The van der Waals surface area contributed by atoms with E-state index in [9.17, 15) is 14.4 Å². The number of carbonyl (C=O) groups excluding carboxylic acids is 1. The minimum atomic E-state index is -0.437. The zero-order valence-corrected chi connectivity index (χ0v) is 22.8. The van der Waals surface area contributed by atoms with Crippen molar-refractivity contribution in [2.45, 2.75) is 31.5 Å². The average molecular weight is 562 g/mol. The molecule has 11 heteroatoms. The number of amides is 1. The molecule has 10 nitrogen and oxygen atoms in total. The Morgan fingerprint density at radius 1 is 1.12 bits per heavy atom. The zero-order valence-electron chi connectivity index (χ0n) is 22.8. The molecule has 0 bridgehead atoms. The molecule has 2 fully saturated rings. The number of aromatic nitrogens is 6. The summed E-state index contributed by atoms with van der Waals surface area (Å²) in [6.45, 7) is 1.97. The summed E-state index contributed by atoms with van der Waals surface area (Å²) in [5.74, 6) is -0.430. The van der Waals surface area contributed by atoms with Gasteiger partial charge < -0.3 is 9.88 Å². The molecule has 1 amide bonds. The summed E-state index contributed by atoms with van der Waals surface area (Å²) in [4.78, 5) is 33.4. The maximum atomic E-state index is 14.9. The Labute approximate surface area is 241 Å². The van der Waals surface area contributed by atoms with Crippen LogP contribution in [0.2, 0.25) is 0 Å². The minimum absolute atomic E-state index is 0.0386. The molecule has 0 spiro atoms.